The summed E-state index contributed by atoms with van der Waals surface area (Å²) < 4.78 is 27.6. The van der Waals surface area contributed by atoms with E-state index < -0.39 is 10.0 Å². The van der Waals surface area contributed by atoms with Gasteiger partial charge in [0.15, 0.2) is 0 Å². The molecule has 7 nitrogen and oxygen atoms in total. The molecule has 0 radical (unpaired) electrons. The van der Waals surface area contributed by atoms with E-state index in [4.69, 9.17) is 0 Å². The number of phenolic OH excluding ortho intramolecular Hbond substituents is 1. The molecule has 0 amide bonds. The molecule has 152 valence electrons. The van der Waals surface area contributed by atoms with Gasteiger partial charge in [-0.05, 0) is 49.6 Å². The Morgan fingerprint density at radius 2 is 1.90 bits per heavy atom. The first-order chi connectivity index (χ1) is 13.9. The van der Waals surface area contributed by atoms with Gasteiger partial charge in [0.2, 0.25) is 5.95 Å². The molecule has 0 saturated carbocycles. The van der Waals surface area contributed by atoms with Crippen LogP contribution in [0.2, 0.25) is 0 Å². The standard InChI is InChI=1S/C20H22N4O3S2/c1-14-5-6-15(13-17(14)25)22-20-21-10-9-16(23-20)18-7-8-19(28-18)29(26,27)24-11-3-2-4-12-24/h5-10,13,25H,2-4,11-12H2,1H3,(H,21,22,23). The van der Waals surface area contributed by atoms with Gasteiger partial charge in [-0.15, -0.1) is 11.3 Å². The van der Waals surface area contributed by atoms with Gasteiger partial charge in [-0.3, -0.25) is 0 Å². The number of benzene rings is 1. The second-order valence-electron chi connectivity index (χ2n) is 6.98. The highest BCUT2D eigenvalue weighted by atomic mass is 32.2. The van der Waals surface area contributed by atoms with Crippen LogP contribution in [0.15, 0.2) is 46.8 Å². The number of hydrogen-bond acceptors (Lipinski definition) is 7. The summed E-state index contributed by atoms with van der Waals surface area (Å²) in [7, 11) is -3.45. The van der Waals surface area contributed by atoms with Crippen molar-refractivity contribution >= 4 is 33.0 Å². The van der Waals surface area contributed by atoms with E-state index in [1.807, 2.05) is 13.0 Å². The molecule has 1 fully saturated rings. The van der Waals surface area contributed by atoms with Crippen LogP contribution in [0.4, 0.5) is 11.6 Å². The third-order valence-corrected chi connectivity index (χ3v) is 8.34. The molecular formula is C20H22N4O3S2. The van der Waals surface area contributed by atoms with E-state index in [0.717, 1.165) is 29.7 Å². The number of hydrogen-bond donors (Lipinski definition) is 2. The number of aromatic hydroxyl groups is 1. The minimum atomic E-state index is -3.45. The summed E-state index contributed by atoms with van der Waals surface area (Å²) in [6, 6.07) is 10.4. The van der Waals surface area contributed by atoms with Gasteiger partial charge < -0.3 is 10.4 Å². The van der Waals surface area contributed by atoms with Crippen molar-refractivity contribution in [2.45, 2.75) is 30.4 Å². The van der Waals surface area contributed by atoms with Crippen molar-refractivity contribution in [2.24, 2.45) is 0 Å². The van der Waals surface area contributed by atoms with Crippen LogP contribution in [0, 0.1) is 6.92 Å². The van der Waals surface area contributed by atoms with Gasteiger partial charge in [-0.1, -0.05) is 12.5 Å². The zero-order valence-corrected chi connectivity index (χ0v) is 17.6. The monoisotopic (exact) mass is 430 g/mol. The Bertz CT molecular complexity index is 1120. The normalized spacial score (nSPS) is 15.3. The summed E-state index contributed by atoms with van der Waals surface area (Å²) in [5, 5.41) is 12.9. The zero-order chi connectivity index (χ0) is 20.4. The van der Waals surface area contributed by atoms with E-state index >= 15 is 0 Å². The van der Waals surface area contributed by atoms with Crippen LogP contribution in [-0.4, -0.2) is 40.9 Å². The van der Waals surface area contributed by atoms with E-state index in [1.54, 1.807) is 40.8 Å². The van der Waals surface area contributed by atoms with Crippen LogP contribution in [-0.2, 0) is 10.0 Å². The summed E-state index contributed by atoms with van der Waals surface area (Å²) in [4.78, 5) is 9.47. The molecule has 1 aromatic carbocycles. The Morgan fingerprint density at radius 1 is 1.10 bits per heavy atom. The van der Waals surface area contributed by atoms with Crippen molar-refractivity contribution in [3.63, 3.8) is 0 Å². The van der Waals surface area contributed by atoms with Crippen LogP contribution in [0.1, 0.15) is 24.8 Å². The minimum Gasteiger partial charge on any atom is -0.508 e. The predicted octanol–water partition coefficient (Wildman–Crippen LogP) is 4.14. The lowest BCUT2D eigenvalue weighted by atomic mass is 10.2. The smallest absolute Gasteiger partial charge is 0.252 e. The lowest BCUT2D eigenvalue weighted by Crippen LogP contribution is -2.35. The zero-order valence-electron chi connectivity index (χ0n) is 16.0. The van der Waals surface area contributed by atoms with Crippen LogP contribution in [0.25, 0.3) is 10.6 Å². The van der Waals surface area contributed by atoms with Gasteiger partial charge in [-0.25, -0.2) is 18.4 Å². The average molecular weight is 431 g/mol. The number of anilines is 2. The molecule has 0 aliphatic carbocycles. The third-order valence-electron chi connectivity index (χ3n) is 4.86. The van der Waals surface area contributed by atoms with Crippen molar-refractivity contribution in [2.75, 3.05) is 18.4 Å². The van der Waals surface area contributed by atoms with Gasteiger partial charge in [0.25, 0.3) is 10.0 Å². The second-order valence-corrected chi connectivity index (χ2v) is 10.2. The fourth-order valence-electron chi connectivity index (χ4n) is 3.20. The van der Waals surface area contributed by atoms with Gasteiger partial charge in [0.1, 0.15) is 9.96 Å². The van der Waals surface area contributed by atoms with E-state index in [0.29, 0.717) is 34.6 Å². The molecule has 0 unspecified atom stereocenters. The molecule has 29 heavy (non-hydrogen) atoms. The van der Waals surface area contributed by atoms with E-state index in [1.165, 1.54) is 11.3 Å². The summed E-state index contributed by atoms with van der Waals surface area (Å²) in [5.41, 5.74) is 2.10. The molecule has 3 heterocycles. The Kier molecular flexibility index (Phi) is 5.53. The first-order valence-electron chi connectivity index (χ1n) is 9.43. The Balaban J connectivity index is 1.56. The summed E-state index contributed by atoms with van der Waals surface area (Å²) in [6.07, 6.45) is 4.52. The van der Waals surface area contributed by atoms with Crippen LogP contribution in [0.5, 0.6) is 5.75 Å². The summed E-state index contributed by atoms with van der Waals surface area (Å²) in [6.45, 7) is 2.99. The summed E-state index contributed by atoms with van der Waals surface area (Å²) >= 11 is 1.22. The van der Waals surface area contributed by atoms with Gasteiger partial charge in [-0.2, -0.15) is 4.31 Å². The largest absolute Gasteiger partial charge is 0.508 e. The Morgan fingerprint density at radius 3 is 2.66 bits per heavy atom. The molecule has 2 aromatic heterocycles. The molecule has 0 spiro atoms. The van der Waals surface area contributed by atoms with Crippen LogP contribution < -0.4 is 5.32 Å². The first-order valence-corrected chi connectivity index (χ1v) is 11.7. The molecule has 0 bridgehead atoms. The average Bonchev–Trinajstić information content (AvgIpc) is 3.23. The van der Waals surface area contributed by atoms with E-state index in [2.05, 4.69) is 15.3 Å². The SMILES string of the molecule is Cc1ccc(Nc2nccc(-c3ccc(S(=O)(=O)N4CCCCC4)s3)n2)cc1O. The van der Waals surface area contributed by atoms with E-state index in [9.17, 15) is 13.5 Å². The van der Waals surface area contributed by atoms with Crippen LogP contribution in [0.3, 0.4) is 0 Å². The Hall–Kier alpha value is -2.49. The number of rotatable bonds is 5. The number of nitrogens with one attached hydrogen (secondary N) is 1. The lowest BCUT2D eigenvalue weighted by molar-refractivity contribution is 0.347. The predicted molar refractivity (Wildman–Crippen MR) is 114 cm³/mol. The molecule has 9 heteroatoms. The molecule has 1 saturated heterocycles. The second kappa shape index (κ2) is 8.10. The molecule has 0 atom stereocenters. The Labute approximate surface area is 174 Å². The molecule has 1 aliphatic rings. The van der Waals surface area contributed by atoms with Gasteiger partial charge in [0, 0.05) is 31.0 Å². The number of nitrogens with zero attached hydrogens (tertiary/aromatic N) is 3. The molecule has 3 aromatic rings. The maximum Gasteiger partial charge on any atom is 0.252 e. The molecular weight excluding hydrogens is 408 g/mol. The van der Waals surface area contributed by atoms with Crippen molar-refractivity contribution in [3.05, 3.63) is 48.2 Å². The number of aryl methyl sites for hydroxylation is 1. The van der Waals surface area contributed by atoms with Gasteiger partial charge >= 0.3 is 0 Å². The fraction of sp³-hybridized carbons (Fsp3) is 0.300. The number of piperidine rings is 1. The molecule has 2 N–H and O–H groups in total. The summed E-state index contributed by atoms with van der Waals surface area (Å²) in [5.74, 6) is 0.566. The number of phenols is 1. The van der Waals surface area contributed by atoms with Crippen LogP contribution >= 0.6 is 11.3 Å². The third kappa shape index (κ3) is 4.26. The maximum atomic E-state index is 12.9. The van der Waals surface area contributed by atoms with E-state index in [-0.39, 0.29) is 5.75 Å². The van der Waals surface area contributed by atoms with Crippen molar-refractivity contribution < 1.29 is 13.5 Å². The fourth-order valence-corrected chi connectivity index (χ4v) is 6.15. The quantitative estimate of drug-likeness (QED) is 0.632. The van der Waals surface area contributed by atoms with Crippen molar-refractivity contribution in [1.82, 2.24) is 14.3 Å². The van der Waals surface area contributed by atoms with Crippen molar-refractivity contribution in [1.29, 1.82) is 0 Å². The topological polar surface area (TPSA) is 95.4 Å². The minimum absolute atomic E-state index is 0.192. The molecule has 4 rings (SSSR count). The highest BCUT2D eigenvalue weighted by Crippen LogP contribution is 2.33. The van der Waals surface area contributed by atoms with Gasteiger partial charge in [0.05, 0.1) is 10.6 Å². The number of thiophene rings is 1. The molecule has 1 aliphatic heterocycles. The first kappa shape index (κ1) is 19.8. The maximum absolute atomic E-state index is 12.9. The number of aromatic nitrogens is 2. The van der Waals surface area contributed by atoms with Crippen molar-refractivity contribution in [3.8, 4) is 16.3 Å². The highest BCUT2D eigenvalue weighted by Gasteiger charge is 2.27. The lowest BCUT2D eigenvalue weighted by Gasteiger charge is -2.25. The number of sulfonamides is 1. The highest BCUT2D eigenvalue weighted by molar-refractivity contribution is 7.91.